The lowest BCUT2D eigenvalue weighted by Gasteiger charge is -2.12. The molecule has 0 aliphatic rings. The number of hydrogen-bond acceptors (Lipinski definition) is 6. The van der Waals surface area contributed by atoms with Crippen LogP contribution in [0.15, 0.2) is 65.5 Å². The highest BCUT2D eigenvalue weighted by Gasteiger charge is 2.20. The fourth-order valence-electron chi connectivity index (χ4n) is 2.72. The van der Waals surface area contributed by atoms with Crippen molar-refractivity contribution < 1.29 is 19.1 Å². The maximum absolute atomic E-state index is 12.6. The van der Waals surface area contributed by atoms with E-state index in [4.69, 9.17) is 9.47 Å². The molecule has 0 bridgehead atoms. The smallest absolute Gasteiger partial charge is 0.360 e. The second kappa shape index (κ2) is 9.51. The van der Waals surface area contributed by atoms with Crippen molar-refractivity contribution in [2.75, 3.05) is 18.5 Å². The maximum atomic E-state index is 12.6. The summed E-state index contributed by atoms with van der Waals surface area (Å²) >= 11 is 0. The molecule has 8 heteroatoms. The maximum Gasteiger partial charge on any atom is 0.360 e. The Morgan fingerprint density at radius 3 is 2.33 bits per heavy atom. The molecule has 2 aromatic carbocycles. The lowest BCUT2D eigenvalue weighted by atomic mass is 10.2. The first-order valence-corrected chi connectivity index (χ1v) is 9.44. The van der Waals surface area contributed by atoms with E-state index in [1.54, 1.807) is 61.5 Å². The third-order valence-electron chi connectivity index (χ3n) is 4.08. The Kier molecular flexibility index (Phi) is 6.59. The van der Waals surface area contributed by atoms with Crippen LogP contribution >= 0.6 is 0 Å². The minimum Gasteiger partial charge on any atom is -0.494 e. The first kappa shape index (κ1) is 20.8. The molecule has 0 aliphatic carbocycles. The summed E-state index contributed by atoms with van der Waals surface area (Å²) in [5.41, 5.74) is 0.123. The first-order valence-electron chi connectivity index (χ1n) is 9.44. The zero-order valence-corrected chi connectivity index (χ0v) is 16.6. The molecular weight excluding hydrogens is 386 g/mol. The molecule has 0 saturated heterocycles. The molecule has 1 N–H and O–H groups in total. The van der Waals surface area contributed by atoms with Crippen LogP contribution in [0.2, 0.25) is 0 Å². The largest absolute Gasteiger partial charge is 0.494 e. The second-order valence-corrected chi connectivity index (χ2v) is 6.12. The van der Waals surface area contributed by atoms with E-state index >= 15 is 0 Å². The Hall–Kier alpha value is -3.94. The highest BCUT2D eigenvalue weighted by molar-refractivity contribution is 6.07. The molecule has 154 valence electrons. The number of rotatable bonds is 7. The van der Waals surface area contributed by atoms with Crippen LogP contribution in [-0.2, 0) is 4.74 Å². The SMILES string of the molecule is CCOC(=O)c1nn(-c2ccccc2)c(=O)cc1NC(=O)c1ccc(OCC)cc1. The molecule has 0 aliphatic heterocycles. The Morgan fingerprint density at radius 2 is 1.70 bits per heavy atom. The van der Waals surface area contributed by atoms with E-state index in [2.05, 4.69) is 10.4 Å². The van der Waals surface area contributed by atoms with Gasteiger partial charge in [0, 0.05) is 11.6 Å². The van der Waals surface area contributed by atoms with Gasteiger partial charge in [0.1, 0.15) is 5.75 Å². The van der Waals surface area contributed by atoms with Gasteiger partial charge in [-0.25, -0.2) is 4.79 Å². The summed E-state index contributed by atoms with van der Waals surface area (Å²) in [7, 11) is 0. The summed E-state index contributed by atoms with van der Waals surface area (Å²) < 4.78 is 11.5. The van der Waals surface area contributed by atoms with Gasteiger partial charge in [-0.1, -0.05) is 18.2 Å². The van der Waals surface area contributed by atoms with E-state index in [-0.39, 0.29) is 18.0 Å². The lowest BCUT2D eigenvalue weighted by molar-refractivity contribution is 0.0518. The molecule has 1 amide bonds. The van der Waals surface area contributed by atoms with Crippen molar-refractivity contribution in [2.24, 2.45) is 0 Å². The Balaban J connectivity index is 1.96. The Bertz CT molecular complexity index is 1090. The van der Waals surface area contributed by atoms with Crippen LogP contribution in [0.5, 0.6) is 5.75 Å². The summed E-state index contributed by atoms with van der Waals surface area (Å²) in [5.74, 6) is -0.611. The average molecular weight is 407 g/mol. The number of nitrogens with one attached hydrogen (secondary N) is 1. The molecule has 3 rings (SSSR count). The molecule has 0 radical (unpaired) electrons. The average Bonchev–Trinajstić information content (AvgIpc) is 2.75. The first-order chi connectivity index (χ1) is 14.5. The predicted octanol–water partition coefficient (Wildman–Crippen LogP) is 3.06. The summed E-state index contributed by atoms with van der Waals surface area (Å²) in [6.07, 6.45) is 0. The highest BCUT2D eigenvalue weighted by atomic mass is 16.5. The summed E-state index contributed by atoms with van der Waals surface area (Å²) in [4.78, 5) is 37.7. The van der Waals surface area contributed by atoms with Crippen LogP contribution in [0.4, 0.5) is 5.69 Å². The number of nitrogens with zero attached hydrogens (tertiary/aromatic N) is 2. The van der Waals surface area contributed by atoms with Gasteiger partial charge in [-0.15, -0.1) is 0 Å². The van der Waals surface area contributed by atoms with Crippen LogP contribution in [0.1, 0.15) is 34.7 Å². The summed E-state index contributed by atoms with van der Waals surface area (Å²) in [5, 5.41) is 6.72. The van der Waals surface area contributed by atoms with Crippen molar-refractivity contribution in [3.05, 3.63) is 82.3 Å². The molecule has 0 saturated carbocycles. The number of carbonyl (C=O) groups is 2. The van der Waals surface area contributed by atoms with Crippen molar-refractivity contribution >= 4 is 17.6 Å². The fourth-order valence-corrected chi connectivity index (χ4v) is 2.72. The molecule has 0 unspecified atom stereocenters. The van der Waals surface area contributed by atoms with Crippen LogP contribution in [0, 0.1) is 0 Å². The number of esters is 1. The number of ether oxygens (including phenoxy) is 2. The van der Waals surface area contributed by atoms with Gasteiger partial charge in [0.25, 0.3) is 11.5 Å². The van der Waals surface area contributed by atoms with Crippen molar-refractivity contribution in [1.29, 1.82) is 0 Å². The third-order valence-corrected chi connectivity index (χ3v) is 4.08. The van der Waals surface area contributed by atoms with Gasteiger partial charge in [-0.05, 0) is 50.2 Å². The number of anilines is 1. The van der Waals surface area contributed by atoms with Gasteiger partial charge in [-0.3, -0.25) is 9.59 Å². The van der Waals surface area contributed by atoms with Crippen molar-refractivity contribution in [3.8, 4) is 11.4 Å². The highest BCUT2D eigenvalue weighted by Crippen LogP contribution is 2.17. The third kappa shape index (κ3) is 4.72. The van der Waals surface area contributed by atoms with Crippen molar-refractivity contribution in [3.63, 3.8) is 0 Å². The standard InChI is InChI=1S/C22H21N3O5/c1-3-29-17-12-10-15(11-13-17)21(27)23-18-14-19(26)25(16-8-6-5-7-9-16)24-20(18)22(28)30-4-2/h5-14H,3-4H2,1-2H3,(H,23,27). The van der Waals surface area contributed by atoms with Gasteiger partial charge in [0.2, 0.25) is 0 Å². The van der Waals surface area contributed by atoms with Crippen molar-refractivity contribution in [2.45, 2.75) is 13.8 Å². The summed E-state index contributed by atoms with van der Waals surface area (Å²) in [6, 6.07) is 16.3. The minimum atomic E-state index is -0.746. The number of hydrogen-bond donors (Lipinski definition) is 1. The molecule has 0 spiro atoms. The van der Waals surface area contributed by atoms with E-state index in [9.17, 15) is 14.4 Å². The molecule has 3 aromatic rings. The molecule has 1 heterocycles. The minimum absolute atomic E-state index is 0.0236. The predicted molar refractivity (Wildman–Crippen MR) is 111 cm³/mol. The Morgan fingerprint density at radius 1 is 1.00 bits per heavy atom. The number of para-hydroxylation sites is 1. The quantitative estimate of drug-likeness (QED) is 0.605. The Labute approximate surface area is 173 Å². The number of amides is 1. The van der Waals surface area contributed by atoms with Gasteiger partial charge < -0.3 is 14.8 Å². The molecule has 1 aromatic heterocycles. The van der Waals surface area contributed by atoms with Crippen LogP contribution in [0.3, 0.4) is 0 Å². The number of carbonyl (C=O) groups excluding carboxylic acids is 2. The van der Waals surface area contributed by atoms with E-state index < -0.39 is 17.4 Å². The zero-order valence-electron chi connectivity index (χ0n) is 16.6. The van der Waals surface area contributed by atoms with Gasteiger partial charge in [0.05, 0.1) is 24.6 Å². The van der Waals surface area contributed by atoms with E-state index in [1.165, 1.54) is 0 Å². The molecule has 0 atom stereocenters. The van der Waals surface area contributed by atoms with Crippen LogP contribution in [0.25, 0.3) is 5.69 Å². The van der Waals surface area contributed by atoms with Gasteiger partial charge >= 0.3 is 5.97 Å². The fraction of sp³-hybridized carbons (Fsp3) is 0.182. The molecular formula is C22H21N3O5. The molecule has 0 fully saturated rings. The number of benzene rings is 2. The molecule has 8 nitrogen and oxygen atoms in total. The van der Waals surface area contributed by atoms with Gasteiger partial charge in [0.15, 0.2) is 5.69 Å². The summed E-state index contributed by atoms with van der Waals surface area (Å²) in [6.45, 7) is 4.15. The van der Waals surface area contributed by atoms with E-state index in [0.717, 1.165) is 10.7 Å². The lowest BCUT2D eigenvalue weighted by Crippen LogP contribution is -2.27. The van der Waals surface area contributed by atoms with Crippen molar-refractivity contribution in [1.82, 2.24) is 9.78 Å². The number of aromatic nitrogens is 2. The van der Waals surface area contributed by atoms with Crippen LogP contribution < -0.4 is 15.6 Å². The molecule has 30 heavy (non-hydrogen) atoms. The zero-order chi connectivity index (χ0) is 21.5. The van der Waals surface area contributed by atoms with Crippen LogP contribution in [-0.4, -0.2) is 34.9 Å². The second-order valence-electron chi connectivity index (χ2n) is 6.12. The van der Waals surface area contributed by atoms with E-state index in [0.29, 0.717) is 23.6 Å². The topological polar surface area (TPSA) is 99.5 Å². The van der Waals surface area contributed by atoms with Gasteiger partial charge in [-0.2, -0.15) is 9.78 Å². The monoisotopic (exact) mass is 407 g/mol. The normalized spacial score (nSPS) is 10.3. The van der Waals surface area contributed by atoms with E-state index in [1.807, 2.05) is 6.92 Å².